The van der Waals surface area contributed by atoms with Crippen LogP contribution in [0, 0.1) is 6.92 Å². The number of hydrogen-bond acceptors (Lipinski definition) is 5. The highest BCUT2D eigenvalue weighted by atomic mass is 79.9. The quantitative estimate of drug-likeness (QED) is 0.240. The van der Waals surface area contributed by atoms with Gasteiger partial charge in [-0.05, 0) is 76.4 Å². The number of rotatable bonds is 7. The number of nitrogens with zero attached hydrogens (tertiary/aromatic N) is 1. The van der Waals surface area contributed by atoms with Crippen LogP contribution in [0.4, 0.5) is 0 Å². The number of para-hydroxylation sites is 1. The Labute approximate surface area is 182 Å². The summed E-state index contributed by atoms with van der Waals surface area (Å²) in [6, 6.07) is 21.3. The molecule has 0 aliphatic heterocycles. The first kappa shape index (κ1) is 21.3. The molecule has 30 heavy (non-hydrogen) atoms. The number of esters is 1. The molecule has 3 rings (SSSR count). The van der Waals surface area contributed by atoms with Crippen LogP contribution in [0.3, 0.4) is 0 Å². The summed E-state index contributed by atoms with van der Waals surface area (Å²) in [5, 5.41) is 3.91. The summed E-state index contributed by atoms with van der Waals surface area (Å²) >= 11 is 3.33. The molecule has 0 unspecified atom stereocenters. The average molecular weight is 467 g/mol. The second-order valence-electron chi connectivity index (χ2n) is 6.29. The third kappa shape index (κ3) is 6.02. The van der Waals surface area contributed by atoms with Crippen molar-refractivity contribution in [2.24, 2.45) is 5.10 Å². The molecule has 1 amide bonds. The van der Waals surface area contributed by atoms with Crippen molar-refractivity contribution >= 4 is 34.0 Å². The summed E-state index contributed by atoms with van der Waals surface area (Å²) in [5.41, 5.74) is 4.54. The van der Waals surface area contributed by atoms with Gasteiger partial charge in [-0.3, -0.25) is 4.79 Å². The van der Waals surface area contributed by atoms with Crippen LogP contribution in [-0.4, -0.2) is 24.7 Å². The first-order valence-corrected chi connectivity index (χ1v) is 9.89. The van der Waals surface area contributed by atoms with E-state index in [1.54, 1.807) is 48.5 Å². The fraction of sp³-hybridized carbons (Fsp3) is 0.0870. The van der Waals surface area contributed by atoms with E-state index < -0.39 is 5.97 Å². The number of amides is 1. The van der Waals surface area contributed by atoms with Gasteiger partial charge in [0.2, 0.25) is 0 Å². The Bertz CT molecular complexity index is 1060. The lowest BCUT2D eigenvalue weighted by molar-refractivity contribution is -0.123. The van der Waals surface area contributed by atoms with E-state index in [-0.39, 0.29) is 12.5 Å². The Morgan fingerprint density at radius 3 is 2.43 bits per heavy atom. The summed E-state index contributed by atoms with van der Waals surface area (Å²) in [6.45, 7) is 1.77. The molecule has 0 spiro atoms. The number of benzene rings is 3. The maximum Gasteiger partial charge on any atom is 0.344 e. The Balaban J connectivity index is 1.48. The molecule has 0 fully saturated rings. The van der Waals surface area contributed by atoms with Gasteiger partial charge in [-0.25, -0.2) is 10.2 Å². The van der Waals surface area contributed by atoms with Gasteiger partial charge in [-0.15, -0.1) is 0 Å². The van der Waals surface area contributed by atoms with Gasteiger partial charge in [0.1, 0.15) is 11.5 Å². The summed E-state index contributed by atoms with van der Waals surface area (Å²) in [4.78, 5) is 24.1. The number of carbonyl (C=O) groups is 2. The van der Waals surface area contributed by atoms with Crippen LogP contribution >= 0.6 is 15.9 Å². The zero-order valence-electron chi connectivity index (χ0n) is 16.2. The highest BCUT2D eigenvalue weighted by molar-refractivity contribution is 9.10. The number of hydrogen-bond donors (Lipinski definition) is 1. The molecule has 0 saturated carbocycles. The van der Waals surface area contributed by atoms with E-state index in [1.807, 2.05) is 31.2 Å². The number of carbonyl (C=O) groups excluding carboxylic acids is 2. The number of halogens is 1. The molecule has 0 saturated heterocycles. The van der Waals surface area contributed by atoms with Gasteiger partial charge in [0.05, 0.1) is 11.8 Å². The van der Waals surface area contributed by atoms with Crippen molar-refractivity contribution in [3.05, 3.63) is 94.0 Å². The third-order valence-corrected chi connectivity index (χ3v) is 4.73. The molecule has 3 aromatic rings. The number of hydrazone groups is 1. The van der Waals surface area contributed by atoms with Gasteiger partial charge in [0.15, 0.2) is 6.61 Å². The first-order chi connectivity index (χ1) is 14.5. The maximum absolute atomic E-state index is 12.2. The second-order valence-corrected chi connectivity index (χ2v) is 7.14. The molecule has 0 radical (unpaired) electrons. The van der Waals surface area contributed by atoms with E-state index in [0.29, 0.717) is 21.5 Å². The highest BCUT2D eigenvalue weighted by Gasteiger charge is 2.11. The van der Waals surface area contributed by atoms with Crippen LogP contribution < -0.4 is 14.9 Å². The van der Waals surface area contributed by atoms with Crippen LogP contribution in [0.1, 0.15) is 21.5 Å². The predicted molar refractivity (Wildman–Crippen MR) is 118 cm³/mol. The Kier molecular flexibility index (Phi) is 7.34. The Morgan fingerprint density at radius 1 is 1.00 bits per heavy atom. The minimum atomic E-state index is -0.454. The van der Waals surface area contributed by atoms with Crippen molar-refractivity contribution in [2.75, 3.05) is 6.61 Å². The Morgan fingerprint density at radius 2 is 1.70 bits per heavy atom. The SMILES string of the molecule is Cc1ccccc1OCC(=O)N/N=C\c1ccc(OC(=O)c2ccccc2Br)cc1. The summed E-state index contributed by atoms with van der Waals surface area (Å²) in [5.74, 6) is 0.242. The lowest BCUT2D eigenvalue weighted by atomic mass is 10.2. The van der Waals surface area contributed by atoms with E-state index in [0.717, 1.165) is 11.1 Å². The van der Waals surface area contributed by atoms with E-state index >= 15 is 0 Å². The smallest absolute Gasteiger partial charge is 0.344 e. The summed E-state index contributed by atoms with van der Waals surface area (Å²) in [6.07, 6.45) is 1.49. The molecule has 0 aliphatic carbocycles. The molecule has 0 aromatic heterocycles. The lowest BCUT2D eigenvalue weighted by Crippen LogP contribution is -2.24. The van der Waals surface area contributed by atoms with Crippen molar-refractivity contribution in [3.63, 3.8) is 0 Å². The fourth-order valence-electron chi connectivity index (χ4n) is 2.48. The van der Waals surface area contributed by atoms with E-state index in [4.69, 9.17) is 9.47 Å². The molecule has 6 nitrogen and oxygen atoms in total. The molecule has 3 aromatic carbocycles. The molecule has 1 N–H and O–H groups in total. The fourth-order valence-corrected chi connectivity index (χ4v) is 2.93. The molecule has 152 valence electrons. The molecule has 7 heteroatoms. The number of aryl methyl sites for hydroxylation is 1. The van der Waals surface area contributed by atoms with Crippen molar-refractivity contribution in [1.82, 2.24) is 5.43 Å². The molecule has 0 heterocycles. The van der Waals surface area contributed by atoms with Gasteiger partial charge in [-0.1, -0.05) is 30.3 Å². The summed E-state index contributed by atoms with van der Waals surface area (Å²) < 4.78 is 11.5. The predicted octanol–water partition coefficient (Wildman–Crippen LogP) is 4.51. The summed E-state index contributed by atoms with van der Waals surface area (Å²) in [7, 11) is 0. The molecular formula is C23H19BrN2O4. The Hall–Kier alpha value is -3.45. The van der Waals surface area contributed by atoms with Crippen molar-refractivity contribution in [3.8, 4) is 11.5 Å². The third-order valence-electron chi connectivity index (χ3n) is 4.04. The van der Waals surface area contributed by atoms with Gasteiger partial charge < -0.3 is 9.47 Å². The van der Waals surface area contributed by atoms with Crippen molar-refractivity contribution < 1.29 is 19.1 Å². The average Bonchev–Trinajstić information content (AvgIpc) is 2.74. The molecule has 0 aliphatic rings. The maximum atomic E-state index is 12.2. The standard InChI is InChI=1S/C23H19BrN2O4/c1-16-6-2-5-9-21(16)29-15-22(27)26-25-14-17-10-12-18(13-11-17)30-23(28)19-7-3-4-8-20(19)24/h2-14H,15H2,1H3,(H,26,27)/b25-14-. The van der Waals surface area contributed by atoms with Crippen LogP contribution in [0.5, 0.6) is 11.5 Å². The normalized spacial score (nSPS) is 10.6. The van der Waals surface area contributed by atoms with Crippen LogP contribution in [0.2, 0.25) is 0 Å². The minimum absolute atomic E-state index is 0.133. The monoisotopic (exact) mass is 466 g/mol. The van der Waals surface area contributed by atoms with Crippen molar-refractivity contribution in [2.45, 2.75) is 6.92 Å². The topological polar surface area (TPSA) is 77.0 Å². The molecular weight excluding hydrogens is 448 g/mol. The van der Waals surface area contributed by atoms with Crippen LogP contribution in [0.25, 0.3) is 0 Å². The van der Waals surface area contributed by atoms with Crippen LogP contribution in [-0.2, 0) is 4.79 Å². The zero-order valence-corrected chi connectivity index (χ0v) is 17.8. The zero-order chi connectivity index (χ0) is 21.3. The minimum Gasteiger partial charge on any atom is -0.483 e. The highest BCUT2D eigenvalue weighted by Crippen LogP contribution is 2.19. The molecule has 0 bridgehead atoms. The van der Waals surface area contributed by atoms with E-state index in [9.17, 15) is 9.59 Å². The van der Waals surface area contributed by atoms with Crippen LogP contribution in [0.15, 0.2) is 82.4 Å². The number of ether oxygens (including phenoxy) is 2. The van der Waals surface area contributed by atoms with Gasteiger partial charge in [0.25, 0.3) is 5.91 Å². The number of nitrogens with one attached hydrogen (secondary N) is 1. The van der Waals surface area contributed by atoms with Crippen molar-refractivity contribution in [1.29, 1.82) is 0 Å². The molecule has 0 atom stereocenters. The lowest BCUT2D eigenvalue weighted by Gasteiger charge is -2.07. The van der Waals surface area contributed by atoms with E-state index in [1.165, 1.54) is 6.21 Å². The van der Waals surface area contributed by atoms with Gasteiger partial charge in [0, 0.05) is 4.47 Å². The first-order valence-electron chi connectivity index (χ1n) is 9.10. The second kappa shape index (κ2) is 10.4. The largest absolute Gasteiger partial charge is 0.483 e. The van der Waals surface area contributed by atoms with E-state index in [2.05, 4.69) is 26.5 Å². The van der Waals surface area contributed by atoms with Gasteiger partial charge in [-0.2, -0.15) is 5.10 Å². The van der Waals surface area contributed by atoms with Gasteiger partial charge >= 0.3 is 5.97 Å².